The fourth-order valence-corrected chi connectivity index (χ4v) is 2.16. The van der Waals surface area contributed by atoms with Crippen LogP contribution in [-0.4, -0.2) is 15.9 Å². The molecule has 0 amide bonds. The number of carbonyl (C=O) groups is 1. The Balaban J connectivity index is 1.91. The van der Waals surface area contributed by atoms with E-state index in [1.807, 2.05) is 30.3 Å². The summed E-state index contributed by atoms with van der Waals surface area (Å²) in [6.07, 6.45) is 2.38. The summed E-state index contributed by atoms with van der Waals surface area (Å²) in [5.74, 6) is 1.06. The van der Waals surface area contributed by atoms with E-state index in [1.165, 1.54) is 0 Å². The van der Waals surface area contributed by atoms with Crippen LogP contribution in [0.1, 0.15) is 31.1 Å². The maximum absolute atomic E-state index is 11.6. The topological polar surface area (TPSA) is 56.0 Å². The van der Waals surface area contributed by atoms with E-state index >= 15 is 0 Å². The Labute approximate surface area is 98.7 Å². The highest BCUT2D eigenvalue weighted by atomic mass is 16.5. The molecule has 17 heavy (non-hydrogen) atoms. The van der Waals surface area contributed by atoms with Crippen LogP contribution in [0.5, 0.6) is 0 Å². The molecule has 1 heterocycles. The molecule has 1 saturated carbocycles. The van der Waals surface area contributed by atoms with Gasteiger partial charge in [0, 0.05) is 12.0 Å². The summed E-state index contributed by atoms with van der Waals surface area (Å²) in [7, 11) is 0. The molecule has 1 atom stereocenters. The number of hydrogen-bond acceptors (Lipinski definition) is 4. The minimum atomic E-state index is -0.181. The van der Waals surface area contributed by atoms with Gasteiger partial charge in [0.15, 0.2) is 0 Å². The Morgan fingerprint density at radius 3 is 2.76 bits per heavy atom. The fourth-order valence-electron chi connectivity index (χ4n) is 2.16. The summed E-state index contributed by atoms with van der Waals surface area (Å²) < 4.78 is 5.19. The van der Waals surface area contributed by atoms with E-state index in [2.05, 4.69) is 10.1 Å². The Kier molecular flexibility index (Phi) is 2.48. The molecular formula is C13H12N2O2. The van der Waals surface area contributed by atoms with Crippen LogP contribution in [0.2, 0.25) is 0 Å². The van der Waals surface area contributed by atoms with E-state index in [9.17, 15) is 4.79 Å². The lowest BCUT2D eigenvalue weighted by Gasteiger charge is -1.98. The van der Waals surface area contributed by atoms with Crippen molar-refractivity contribution in [2.75, 3.05) is 0 Å². The highest BCUT2D eigenvalue weighted by Gasteiger charge is 2.30. The number of benzene rings is 1. The van der Waals surface area contributed by atoms with Crippen LogP contribution >= 0.6 is 0 Å². The summed E-state index contributed by atoms with van der Waals surface area (Å²) in [5, 5.41) is 3.93. The Morgan fingerprint density at radius 2 is 2.06 bits per heavy atom. The maximum Gasteiger partial charge on any atom is 0.237 e. The SMILES string of the molecule is O=C1CCCC1c1nc(-c2ccccc2)no1. The molecule has 4 heteroatoms. The molecule has 1 aromatic carbocycles. The van der Waals surface area contributed by atoms with Crippen LogP contribution in [0.15, 0.2) is 34.9 Å². The van der Waals surface area contributed by atoms with Crippen LogP contribution in [0.3, 0.4) is 0 Å². The van der Waals surface area contributed by atoms with Crippen molar-refractivity contribution < 1.29 is 9.32 Å². The molecule has 1 aromatic heterocycles. The van der Waals surface area contributed by atoms with Gasteiger partial charge in [-0.05, 0) is 12.8 Å². The minimum Gasteiger partial charge on any atom is -0.338 e. The van der Waals surface area contributed by atoms with Gasteiger partial charge in [-0.3, -0.25) is 4.79 Å². The Hall–Kier alpha value is -1.97. The van der Waals surface area contributed by atoms with Crippen molar-refractivity contribution >= 4 is 5.78 Å². The zero-order valence-corrected chi connectivity index (χ0v) is 9.30. The average Bonchev–Trinajstić information content (AvgIpc) is 2.98. The van der Waals surface area contributed by atoms with Crippen molar-refractivity contribution in [3.63, 3.8) is 0 Å². The predicted molar refractivity (Wildman–Crippen MR) is 61.3 cm³/mol. The maximum atomic E-state index is 11.6. The van der Waals surface area contributed by atoms with E-state index in [-0.39, 0.29) is 11.7 Å². The molecule has 1 fully saturated rings. The molecule has 1 unspecified atom stereocenters. The van der Waals surface area contributed by atoms with Gasteiger partial charge in [0.25, 0.3) is 0 Å². The first-order valence-corrected chi connectivity index (χ1v) is 5.76. The summed E-state index contributed by atoms with van der Waals surface area (Å²) in [6.45, 7) is 0. The third-order valence-corrected chi connectivity index (χ3v) is 3.08. The van der Waals surface area contributed by atoms with Crippen molar-refractivity contribution in [2.45, 2.75) is 25.2 Å². The van der Waals surface area contributed by atoms with Crippen LogP contribution < -0.4 is 0 Å². The molecule has 0 saturated heterocycles. The molecule has 0 aliphatic heterocycles. The molecule has 2 aromatic rings. The quantitative estimate of drug-likeness (QED) is 0.792. The van der Waals surface area contributed by atoms with Crippen LogP contribution in [0, 0.1) is 0 Å². The molecule has 0 radical (unpaired) electrons. The monoisotopic (exact) mass is 228 g/mol. The largest absolute Gasteiger partial charge is 0.338 e. The highest BCUT2D eigenvalue weighted by molar-refractivity contribution is 5.86. The minimum absolute atomic E-state index is 0.181. The van der Waals surface area contributed by atoms with Crippen molar-refractivity contribution in [3.05, 3.63) is 36.2 Å². The number of carbonyl (C=O) groups excluding carboxylic acids is 1. The van der Waals surface area contributed by atoms with Gasteiger partial charge in [0.2, 0.25) is 11.7 Å². The van der Waals surface area contributed by atoms with E-state index < -0.39 is 0 Å². The standard InChI is InChI=1S/C13H12N2O2/c16-11-8-4-7-10(11)13-14-12(15-17-13)9-5-2-1-3-6-9/h1-3,5-6,10H,4,7-8H2. The van der Waals surface area contributed by atoms with E-state index in [0.29, 0.717) is 18.1 Å². The van der Waals surface area contributed by atoms with Gasteiger partial charge in [-0.2, -0.15) is 4.98 Å². The Morgan fingerprint density at radius 1 is 1.24 bits per heavy atom. The molecule has 1 aliphatic rings. The van der Waals surface area contributed by atoms with Gasteiger partial charge in [0.1, 0.15) is 5.78 Å². The second-order valence-corrected chi connectivity index (χ2v) is 4.23. The van der Waals surface area contributed by atoms with E-state index in [0.717, 1.165) is 18.4 Å². The first-order valence-electron chi connectivity index (χ1n) is 5.76. The molecule has 4 nitrogen and oxygen atoms in total. The first kappa shape index (κ1) is 10.2. The van der Waals surface area contributed by atoms with E-state index in [1.54, 1.807) is 0 Å². The lowest BCUT2D eigenvalue weighted by Crippen LogP contribution is -2.04. The first-order chi connectivity index (χ1) is 8.34. The number of nitrogens with zero attached hydrogens (tertiary/aromatic N) is 2. The second kappa shape index (κ2) is 4.13. The van der Waals surface area contributed by atoms with Crippen LogP contribution in [0.25, 0.3) is 11.4 Å². The second-order valence-electron chi connectivity index (χ2n) is 4.23. The number of ketones is 1. The molecule has 0 bridgehead atoms. The smallest absolute Gasteiger partial charge is 0.237 e. The number of rotatable bonds is 2. The van der Waals surface area contributed by atoms with Gasteiger partial charge < -0.3 is 4.52 Å². The van der Waals surface area contributed by atoms with E-state index in [4.69, 9.17) is 4.52 Å². The molecule has 86 valence electrons. The third-order valence-electron chi connectivity index (χ3n) is 3.08. The van der Waals surface area contributed by atoms with Crippen LogP contribution in [-0.2, 0) is 4.79 Å². The predicted octanol–water partition coefficient (Wildman–Crippen LogP) is 2.57. The zero-order chi connectivity index (χ0) is 11.7. The molecule has 0 N–H and O–H groups in total. The zero-order valence-electron chi connectivity index (χ0n) is 9.30. The molecule has 3 rings (SSSR count). The number of hydrogen-bond donors (Lipinski definition) is 0. The van der Waals surface area contributed by atoms with Gasteiger partial charge in [0.05, 0.1) is 5.92 Å². The van der Waals surface area contributed by atoms with Crippen molar-refractivity contribution in [3.8, 4) is 11.4 Å². The summed E-state index contributed by atoms with van der Waals surface area (Å²) >= 11 is 0. The number of aromatic nitrogens is 2. The molecule has 1 aliphatic carbocycles. The Bertz CT molecular complexity index is 533. The average molecular weight is 228 g/mol. The van der Waals surface area contributed by atoms with Gasteiger partial charge >= 0.3 is 0 Å². The fraction of sp³-hybridized carbons (Fsp3) is 0.308. The molecular weight excluding hydrogens is 216 g/mol. The normalized spacial score (nSPS) is 19.8. The van der Waals surface area contributed by atoms with Crippen molar-refractivity contribution in [1.29, 1.82) is 0 Å². The van der Waals surface area contributed by atoms with Gasteiger partial charge in [-0.15, -0.1) is 0 Å². The summed E-state index contributed by atoms with van der Waals surface area (Å²) in [6, 6.07) is 9.62. The summed E-state index contributed by atoms with van der Waals surface area (Å²) in [4.78, 5) is 15.9. The highest BCUT2D eigenvalue weighted by Crippen LogP contribution is 2.31. The lowest BCUT2D eigenvalue weighted by atomic mass is 10.1. The molecule has 0 spiro atoms. The van der Waals surface area contributed by atoms with Crippen molar-refractivity contribution in [1.82, 2.24) is 10.1 Å². The van der Waals surface area contributed by atoms with Crippen molar-refractivity contribution in [2.24, 2.45) is 0 Å². The van der Waals surface area contributed by atoms with Gasteiger partial charge in [-0.25, -0.2) is 0 Å². The van der Waals surface area contributed by atoms with Crippen LogP contribution in [0.4, 0.5) is 0 Å². The lowest BCUT2D eigenvalue weighted by molar-refractivity contribution is -0.119. The summed E-state index contributed by atoms with van der Waals surface area (Å²) in [5.41, 5.74) is 0.910. The van der Waals surface area contributed by atoms with Gasteiger partial charge in [-0.1, -0.05) is 35.5 Å². The third kappa shape index (κ3) is 1.86. The number of Topliss-reactive ketones (excluding diaryl/α,β-unsaturated/α-hetero) is 1.